The topological polar surface area (TPSA) is 14.2 Å². The first kappa shape index (κ1) is 10.4. The predicted octanol–water partition coefficient (Wildman–Crippen LogP) is 3.76. The second-order valence-corrected chi connectivity index (χ2v) is 5.19. The molecule has 1 aliphatic rings. The number of hydrogen-bond acceptors (Lipinski definition) is 1. The van der Waals surface area contributed by atoms with Crippen LogP contribution in [0.4, 0.5) is 0 Å². The first-order chi connectivity index (χ1) is 7.84. The lowest BCUT2D eigenvalue weighted by molar-refractivity contribution is 0.0707. The Balaban J connectivity index is 2.03. The van der Waals surface area contributed by atoms with Gasteiger partial charge in [-0.05, 0) is 37.1 Å². The average molecular weight is 280 g/mol. The Kier molecular flexibility index (Phi) is 2.74. The number of halogens is 1. The van der Waals surface area contributed by atoms with Crippen LogP contribution in [0.1, 0.15) is 18.9 Å². The van der Waals surface area contributed by atoms with E-state index in [1.165, 1.54) is 10.9 Å². The summed E-state index contributed by atoms with van der Waals surface area (Å²) in [5.74, 6) is 0. The number of aromatic nitrogens is 1. The minimum atomic E-state index is 0.604. The molecule has 16 heavy (non-hydrogen) atoms. The van der Waals surface area contributed by atoms with Crippen molar-refractivity contribution in [1.29, 1.82) is 0 Å². The number of benzene rings is 1. The van der Waals surface area contributed by atoms with E-state index in [9.17, 15) is 0 Å². The zero-order valence-corrected chi connectivity index (χ0v) is 10.6. The molecule has 0 aliphatic carbocycles. The zero-order valence-electron chi connectivity index (χ0n) is 9.03. The lowest BCUT2D eigenvalue weighted by Gasteiger charge is -2.24. The standard InChI is InChI=1S/C13H14BrNO/c14-11-1-2-13-10(9-11)3-6-15(13)12-4-7-16-8-5-12/h1-3,6,9,12H,4-5,7-8H2. The van der Waals surface area contributed by atoms with Crippen LogP contribution in [-0.4, -0.2) is 17.8 Å². The molecule has 0 atom stereocenters. The Morgan fingerprint density at radius 3 is 2.81 bits per heavy atom. The van der Waals surface area contributed by atoms with E-state index < -0.39 is 0 Å². The third kappa shape index (κ3) is 1.78. The molecule has 1 aliphatic heterocycles. The Hall–Kier alpha value is -0.800. The highest BCUT2D eigenvalue weighted by molar-refractivity contribution is 9.10. The number of nitrogens with zero attached hydrogens (tertiary/aromatic N) is 1. The van der Waals surface area contributed by atoms with Gasteiger partial charge in [-0.15, -0.1) is 0 Å². The normalized spacial score (nSPS) is 18.1. The molecule has 84 valence electrons. The number of fused-ring (bicyclic) bond motifs is 1. The first-order valence-electron chi connectivity index (χ1n) is 5.68. The smallest absolute Gasteiger partial charge is 0.0485 e. The maximum Gasteiger partial charge on any atom is 0.0485 e. The highest BCUT2D eigenvalue weighted by Crippen LogP contribution is 2.28. The van der Waals surface area contributed by atoms with Crippen LogP contribution >= 0.6 is 15.9 Å². The molecule has 2 nitrogen and oxygen atoms in total. The second kappa shape index (κ2) is 4.22. The Labute approximate surface area is 103 Å². The maximum atomic E-state index is 5.41. The maximum absolute atomic E-state index is 5.41. The fourth-order valence-electron chi connectivity index (χ4n) is 2.42. The molecule has 2 heterocycles. The van der Waals surface area contributed by atoms with Crippen molar-refractivity contribution >= 4 is 26.8 Å². The monoisotopic (exact) mass is 279 g/mol. The van der Waals surface area contributed by atoms with Crippen LogP contribution in [0.3, 0.4) is 0 Å². The molecule has 0 N–H and O–H groups in total. The summed E-state index contributed by atoms with van der Waals surface area (Å²) < 4.78 is 8.94. The van der Waals surface area contributed by atoms with Crippen molar-refractivity contribution < 1.29 is 4.74 Å². The van der Waals surface area contributed by atoms with Crippen molar-refractivity contribution in [3.8, 4) is 0 Å². The van der Waals surface area contributed by atoms with Gasteiger partial charge in [0.1, 0.15) is 0 Å². The van der Waals surface area contributed by atoms with Gasteiger partial charge < -0.3 is 9.30 Å². The second-order valence-electron chi connectivity index (χ2n) is 4.27. The van der Waals surface area contributed by atoms with E-state index >= 15 is 0 Å². The van der Waals surface area contributed by atoms with Crippen molar-refractivity contribution in [1.82, 2.24) is 4.57 Å². The third-order valence-electron chi connectivity index (χ3n) is 3.27. The van der Waals surface area contributed by atoms with Gasteiger partial charge in [-0.2, -0.15) is 0 Å². The van der Waals surface area contributed by atoms with Gasteiger partial charge in [0, 0.05) is 40.8 Å². The zero-order chi connectivity index (χ0) is 11.0. The van der Waals surface area contributed by atoms with Gasteiger partial charge >= 0.3 is 0 Å². The van der Waals surface area contributed by atoms with Crippen molar-refractivity contribution in [2.24, 2.45) is 0 Å². The molecule has 3 rings (SSSR count). The summed E-state index contributed by atoms with van der Waals surface area (Å²) in [7, 11) is 0. The van der Waals surface area contributed by atoms with Gasteiger partial charge in [-0.1, -0.05) is 15.9 Å². The summed E-state index contributed by atoms with van der Waals surface area (Å²) in [4.78, 5) is 0. The summed E-state index contributed by atoms with van der Waals surface area (Å²) in [5, 5.41) is 1.31. The Morgan fingerprint density at radius 1 is 1.19 bits per heavy atom. The molecular weight excluding hydrogens is 266 g/mol. The van der Waals surface area contributed by atoms with E-state index in [1.807, 2.05) is 0 Å². The van der Waals surface area contributed by atoms with Crippen LogP contribution in [0, 0.1) is 0 Å². The van der Waals surface area contributed by atoms with Crippen molar-refractivity contribution in [2.45, 2.75) is 18.9 Å². The summed E-state index contributed by atoms with van der Waals surface area (Å²) in [6.07, 6.45) is 4.45. The minimum absolute atomic E-state index is 0.604. The van der Waals surface area contributed by atoms with Gasteiger partial charge in [0.25, 0.3) is 0 Å². The first-order valence-corrected chi connectivity index (χ1v) is 6.48. The molecule has 1 fully saturated rings. The van der Waals surface area contributed by atoms with Crippen LogP contribution in [0.5, 0.6) is 0 Å². The largest absolute Gasteiger partial charge is 0.381 e. The number of ether oxygens (including phenoxy) is 1. The summed E-state index contributed by atoms with van der Waals surface area (Å²) >= 11 is 3.51. The minimum Gasteiger partial charge on any atom is -0.381 e. The quantitative estimate of drug-likeness (QED) is 0.776. The lowest BCUT2D eigenvalue weighted by Crippen LogP contribution is -2.18. The fourth-order valence-corrected chi connectivity index (χ4v) is 2.80. The van der Waals surface area contributed by atoms with Crippen LogP contribution in [0.2, 0.25) is 0 Å². The molecule has 0 unspecified atom stereocenters. The Morgan fingerprint density at radius 2 is 2.00 bits per heavy atom. The number of rotatable bonds is 1. The van der Waals surface area contributed by atoms with Gasteiger partial charge in [0.05, 0.1) is 0 Å². The third-order valence-corrected chi connectivity index (χ3v) is 3.76. The van der Waals surface area contributed by atoms with E-state index in [0.29, 0.717) is 6.04 Å². The van der Waals surface area contributed by atoms with Gasteiger partial charge in [-0.3, -0.25) is 0 Å². The molecule has 0 spiro atoms. The molecule has 1 saturated heterocycles. The van der Waals surface area contributed by atoms with Crippen molar-refractivity contribution in [3.63, 3.8) is 0 Å². The predicted molar refractivity (Wildman–Crippen MR) is 68.7 cm³/mol. The van der Waals surface area contributed by atoms with Crippen LogP contribution < -0.4 is 0 Å². The molecule has 1 aromatic heterocycles. The van der Waals surface area contributed by atoms with Crippen LogP contribution in [0.25, 0.3) is 10.9 Å². The Bertz CT molecular complexity index is 500. The molecule has 2 aromatic rings. The lowest BCUT2D eigenvalue weighted by atomic mass is 10.1. The molecule has 0 bridgehead atoms. The van der Waals surface area contributed by atoms with Crippen molar-refractivity contribution in [3.05, 3.63) is 34.9 Å². The SMILES string of the molecule is Brc1ccc2c(ccn2C2CCOCC2)c1. The highest BCUT2D eigenvalue weighted by Gasteiger charge is 2.16. The molecular formula is C13H14BrNO. The molecule has 1 aromatic carbocycles. The molecule has 0 radical (unpaired) electrons. The van der Waals surface area contributed by atoms with E-state index in [0.717, 1.165) is 30.5 Å². The van der Waals surface area contributed by atoms with Crippen molar-refractivity contribution in [2.75, 3.05) is 13.2 Å². The highest BCUT2D eigenvalue weighted by atomic mass is 79.9. The summed E-state index contributed by atoms with van der Waals surface area (Å²) in [5.41, 5.74) is 1.33. The van der Waals surface area contributed by atoms with E-state index in [4.69, 9.17) is 4.74 Å². The van der Waals surface area contributed by atoms with E-state index in [-0.39, 0.29) is 0 Å². The fraction of sp³-hybridized carbons (Fsp3) is 0.385. The number of hydrogen-bond donors (Lipinski definition) is 0. The molecule has 0 saturated carbocycles. The van der Waals surface area contributed by atoms with Gasteiger partial charge in [0.15, 0.2) is 0 Å². The van der Waals surface area contributed by atoms with Crippen LogP contribution in [-0.2, 0) is 4.74 Å². The van der Waals surface area contributed by atoms with E-state index in [2.05, 4.69) is 51.0 Å². The average Bonchev–Trinajstić information content (AvgIpc) is 2.73. The van der Waals surface area contributed by atoms with E-state index in [1.54, 1.807) is 0 Å². The van der Waals surface area contributed by atoms with Crippen LogP contribution in [0.15, 0.2) is 34.9 Å². The van der Waals surface area contributed by atoms with Gasteiger partial charge in [0.2, 0.25) is 0 Å². The molecule has 0 amide bonds. The summed E-state index contributed by atoms with van der Waals surface area (Å²) in [6.45, 7) is 1.78. The molecule has 3 heteroatoms. The van der Waals surface area contributed by atoms with Gasteiger partial charge in [-0.25, -0.2) is 0 Å². The summed E-state index contributed by atoms with van der Waals surface area (Å²) in [6, 6.07) is 9.26.